The maximum atomic E-state index is 11.8. The van der Waals surface area contributed by atoms with Crippen LogP contribution in [0.15, 0.2) is 24.3 Å². The number of halogens is 1. The Balaban J connectivity index is 2.45. The van der Waals surface area contributed by atoms with E-state index < -0.39 is 6.04 Å². The van der Waals surface area contributed by atoms with Crippen LogP contribution in [0.5, 0.6) is 0 Å². The average Bonchev–Trinajstić information content (AvgIpc) is 2.38. The molecule has 0 saturated carbocycles. The summed E-state index contributed by atoms with van der Waals surface area (Å²) in [5, 5.41) is 3.60. The highest BCUT2D eigenvalue weighted by molar-refractivity contribution is 6.31. The van der Waals surface area contributed by atoms with Crippen LogP contribution in [0.3, 0.4) is 0 Å². The highest BCUT2D eigenvalue weighted by atomic mass is 35.5. The standard InChI is InChI=1S/C14H21ClN2O2/c1-10(9-11-5-3-4-6-12(11)15)17-14(18)13(16)7-8-19-2/h3-6,10,13H,7-9,16H2,1-2H3,(H,17,18). The van der Waals surface area contributed by atoms with Gasteiger partial charge in [0.05, 0.1) is 6.04 Å². The van der Waals surface area contributed by atoms with Crippen molar-refractivity contribution in [3.8, 4) is 0 Å². The molecule has 0 aliphatic carbocycles. The highest BCUT2D eigenvalue weighted by Crippen LogP contribution is 2.16. The number of hydrogen-bond acceptors (Lipinski definition) is 3. The van der Waals surface area contributed by atoms with Crippen LogP contribution >= 0.6 is 11.6 Å². The fraction of sp³-hybridized carbons (Fsp3) is 0.500. The minimum absolute atomic E-state index is 0.0130. The number of carbonyl (C=O) groups excluding carboxylic acids is 1. The Bertz CT molecular complexity index is 412. The second kappa shape index (κ2) is 8.15. The van der Waals surface area contributed by atoms with E-state index in [0.717, 1.165) is 5.56 Å². The monoisotopic (exact) mass is 284 g/mol. The number of methoxy groups -OCH3 is 1. The lowest BCUT2D eigenvalue weighted by atomic mass is 10.1. The predicted octanol–water partition coefficient (Wildman–Crippen LogP) is 1.75. The molecule has 2 atom stereocenters. The predicted molar refractivity (Wildman–Crippen MR) is 77.2 cm³/mol. The number of nitrogens with two attached hydrogens (primary N) is 1. The number of rotatable bonds is 7. The summed E-state index contributed by atoms with van der Waals surface area (Å²) in [5.41, 5.74) is 6.77. The van der Waals surface area contributed by atoms with Crippen molar-refractivity contribution in [2.24, 2.45) is 5.73 Å². The fourth-order valence-corrected chi connectivity index (χ4v) is 1.98. The van der Waals surface area contributed by atoms with E-state index >= 15 is 0 Å². The Morgan fingerprint density at radius 1 is 1.47 bits per heavy atom. The summed E-state index contributed by atoms with van der Waals surface area (Å²) in [5.74, 6) is -0.156. The van der Waals surface area contributed by atoms with E-state index in [4.69, 9.17) is 22.1 Å². The smallest absolute Gasteiger partial charge is 0.237 e. The van der Waals surface area contributed by atoms with Crippen molar-refractivity contribution < 1.29 is 9.53 Å². The molecule has 0 aromatic heterocycles. The maximum absolute atomic E-state index is 11.8. The first kappa shape index (κ1) is 16.0. The van der Waals surface area contributed by atoms with Crippen molar-refractivity contribution in [2.75, 3.05) is 13.7 Å². The summed E-state index contributed by atoms with van der Waals surface area (Å²) in [4.78, 5) is 11.8. The van der Waals surface area contributed by atoms with Crippen LogP contribution in [0.2, 0.25) is 5.02 Å². The zero-order valence-corrected chi connectivity index (χ0v) is 12.1. The van der Waals surface area contributed by atoms with Gasteiger partial charge in [-0.15, -0.1) is 0 Å². The van der Waals surface area contributed by atoms with Crippen LogP contribution in [0.25, 0.3) is 0 Å². The molecular formula is C14H21ClN2O2. The van der Waals surface area contributed by atoms with Crippen molar-refractivity contribution in [3.05, 3.63) is 34.9 Å². The number of hydrogen-bond donors (Lipinski definition) is 2. The first-order chi connectivity index (χ1) is 9.04. The minimum Gasteiger partial charge on any atom is -0.385 e. The second-order valence-corrected chi connectivity index (χ2v) is 5.00. The molecule has 0 aliphatic rings. The van der Waals surface area contributed by atoms with E-state index in [9.17, 15) is 4.79 Å². The Hall–Kier alpha value is -1.10. The molecule has 0 aliphatic heterocycles. The Morgan fingerprint density at radius 3 is 2.79 bits per heavy atom. The SMILES string of the molecule is COCCC(N)C(=O)NC(C)Cc1ccccc1Cl. The van der Waals surface area contributed by atoms with Gasteiger partial charge in [0.2, 0.25) is 5.91 Å². The molecule has 0 radical (unpaired) electrons. The third kappa shape index (κ3) is 5.59. The summed E-state index contributed by atoms with van der Waals surface area (Å²) in [7, 11) is 1.59. The second-order valence-electron chi connectivity index (χ2n) is 4.59. The first-order valence-electron chi connectivity index (χ1n) is 6.33. The number of ether oxygens (including phenoxy) is 1. The molecule has 3 N–H and O–H groups in total. The van der Waals surface area contributed by atoms with Crippen LogP contribution in [0.1, 0.15) is 18.9 Å². The number of carbonyl (C=O) groups is 1. The van der Waals surface area contributed by atoms with Crippen molar-refractivity contribution in [1.82, 2.24) is 5.32 Å². The zero-order chi connectivity index (χ0) is 14.3. The van der Waals surface area contributed by atoms with E-state index in [0.29, 0.717) is 24.5 Å². The molecular weight excluding hydrogens is 264 g/mol. The summed E-state index contributed by atoms with van der Waals surface area (Å²) in [6.07, 6.45) is 1.20. The van der Waals surface area contributed by atoms with E-state index in [-0.39, 0.29) is 11.9 Å². The maximum Gasteiger partial charge on any atom is 0.237 e. The number of benzene rings is 1. The van der Waals surface area contributed by atoms with Crippen LogP contribution in [-0.2, 0) is 16.0 Å². The van der Waals surface area contributed by atoms with Gasteiger partial charge in [-0.1, -0.05) is 29.8 Å². The van der Waals surface area contributed by atoms with E-state index in [1.54, 1.807) is 7.11 Å². The lowest BCUT2D eigenvalue weighted by Gasteiger charge is -2.18. The summed E-state index contributed by atoms with van der Waals surface area (Å²) in [6.45, 7) is 2.41. The van der Waals surface area contributed by atoms with Crippen LogP contribution in [0.4, 0.5) is 0 Å². The summed E-state index contributed by atoms with van der Waals surface area (Å²) in [6, 6.07) is 7.07. The molecule has 1 aromatic carbocycles. The van der Waals surface area contributed by atoms with Gasteiger partial charge in [-0.2, -0.15) is 0 Å². The molecule has 1 rings (SSSR count). The van der Waals surface area contributed by atoms with Gasteiger partial charge in [-0.25, -0.2) is 0 Å². The lowest BCUT2D eigenvalue weighted by molar-refractivity contribution is -0.123. The molecule has 5 heteroatoms. The minimum atomic E-state index is -0.534. The van der Waals surface area contributed by atoms with E-state index in [1.807, 2.05) is 31.2 Å². The largest absolute Gasteiger partial charge is 0.385 e. The molecule has 0 fully saturated rings. The number of amides is 1. The first-order valence-corrected chi connectivity index (χ1v) is 6.70. The van der Waals surface area contributed by atoms with Gasteiger partial charge in [0.25, 0.3) is 0 Å². The molecule has 1 aromatic rings. The van der Waals surface area contributed by atoms with Crippen molar-refractivity contribution in [2.45, 2.75) is 31.8 Å². The Morgan fingerprint density at radius 2 is 2.16 bits per heavy atom. The molecule has 0 bridgehead atoms. The van der Waals surface area contributed by atoms with Crippen LogP contribution < -0.4 is 11.1 Å². The third-order valence-electron chi connectivity index (χ3n) is 2.84. The van der Waals surface area contributed by atoms with Crippen molar-refractivity contribution >= 4 is 17.5 Å². The molecule has 106 valence electrons. The average molecular weight is 285 g/mol. The van der Waals surface area contributed by atoms with Crippen LogP contribution in [-0.4, -0.2) is 31.7 Å². The zero-order valence-electron chi connectivity index (χ0n) is 11.4. The summed E-state index contributed by atoms with van der Waals surface area (Å²) < 4.78 is 4.90. The molecule has 4 nitrogen and oxygen atoms in total. The normalized spacial score (nSPS) is 13.9. The van der Waals surface area contributed by atoms with Gasteiger partial charge in [0, 0.05) is 24.8 Å². The Labute approximate surface area is 119 Å². The summed E-state index contributed by atoms with van der Waals surface area (Å²) >= 11 is 6.08. The Kier molecular flexibility index (Phi) is 6.84. The molecule has 19 heavy (non-hydrogen) atoms. The molecule has 0 heterocycles. The highest BCUT2D eigenvalue weighted by Gasteiger charge is 2.16. The van der Waals surface area contributed by atoms with E-state index in [2.05, 4.69) is 5.32 Å². The lowest BCUT2D eigenvalue weighted by Crippen LogP contribution is -2.45. The van der Waals surface area contributed by atoms with Gasteiger partial charge in [0.15, 0.2) is 0 Å². The molecule has 0 saturated heterocycles. The van der Waals surface area contributed by atoms with Gasteiger partial charge in [-0.05, 0) is 31.4 Å². The molecule has 2 unspecified atom stereocenters. The van der Waals surface area contributed by atoms with Gasteiger partial charge in [0.1, 0.15) is 0 Å². The van der Waals surface area contributed by atoms with Gasteiger partial charge < -0.3 is 15.8 Å². The molecule has 1 amide bonds. The quantitative estimate of drug-likeness (QED) is 0.802. The number of nitrogens with one attached hydrogen (secondary N) is 1. The van der Waals surface area contributed by atoms with Crippen molar-refractivity contribution in [1.29, 1.82) is 0 Å². The fourth-order valence-electron chi connectivity index (χ4n) is 1.77. The van der Waals surface area contributed by atoms with Gasteiger partial charge in [-0.3, -0.25) is 4.79 Å². The van der Waals surface area contributed by atoms with Gasteiger partial charge >= 0.3 is 0 Å². The molecule has 0 spiro atoms. The third-order valence-corrected chi connectivity index (χ3v) is 3.21. The van der Waals surface area contributed by atoms with E-state index in [1.165, 1.54) is 0 Å². The topological polar surface area (TPSA) is 64.3 Å². The van der Waals surface area contributed by atoms with Crippen molar-refractivity contribution in [3.63, 3.8) is 0 Å². The van der Waals surface area contributed by atoms with Crippen LogP contribution in [0, 0.1) is 0 Å².